The average Bonchev–Trinajstić information content (AvgIpc) is 2.88. The van der Waals surface area contributed by atoms with Gasteiger partial charge in [-0.05, 0) is 36.5 Å². The summed E-state index contributed by atoms with van der Waals surface area (Å²) in [5.74, 6) is 0.520. The fraction of sp³-hybridized carbons (Fsp3) is 0. The van der Waals surface area contributed by atoms with Crippen LogP contribution < -0.4 is 0 Å². The minimum atomic E-state index is 0.363. The molecule has 0 unspecified atom stereocenters. The SMILES string of the molecule is S=c1[nH]nc(-c2ccccn2)n1/N=C\c1ccc(Cl)cc1Cl. The van der Waals surface area contributed by atoms with Gasteiger partial charge in [0.05, 0.1) is 11.2 Å². The fourth-order valence-corrected chi connectivity index (χ4v) is 2.42. The number of aromatic amines is 1. The molecule has 5 nitrogen and oxygen atoms in total. The molecule has 3 rings (SSSR count). The molecule has 0 aliphatic heterocycles. The van der Waals surface area contributed by atoms with Gasteiger partial charge in [-0.1, -0.05) is 35.3 Å². The summed E-state index contributed by atoms with van der Waals surface area (Å²) in [5.41, 5.74) is 1.38. The van der Waals surface area contributed by atoms with E-state index in [0.717, 1.165) is 5.56 Å². The van der Waals surface area contributed by atoms with Crippen LogP contribution in [0.1, 0.15) is 5.56 Å². The molecule has 0 radical (unpaired) electrons. The molecule has 0 aliphatic rings. The number of pyridine rings is 1. The number of hydrogen-bond acceptors (Lipinski definition) is 4. The molecule has 1 N–H and O–H groups in total. The molecule has 0 saturated carbocycles. The second-order valence-corrected chi connectivity index (χ2v) is 5.52. The Hall–Kier alpha value is -2.02. The van der Waals surface area contributed by atoms with Gasteiger partial charge in [-0.25, -0.2) is 5.10 Å². The second-order valence-electron chi connectivity index (χ2n) is 4.29. The van der Waals surface area contributed by atoms with Gasteiger partial charge in [-0.15, -0.1) is 0 Å². The Morgan fingerprint density at radius 1 is 1.23 bits per heavy atom. The van der Waals surface area contributed by atoms with Crippen molar-refractivity contribution in [2.45, 2.75) is 0 Å². The number of nitrogens with zero attached hydrogens (tertiary/aromatic N) is 4. The first-order valence-corrected chi connectivity index (χ1v) is 7.40. The van der Waals surface area contributed by atoms with Crippen LogP contribution in [-0.4, -0.2) is 26.1 Å². The summed E-state index contributed by atoms with van der Waals surface area (Å²) >= 11 is 17.2. The van der Waals surface area contributed by atoms with Crippen LogP contribution in [0.25, 0.3) is 11.5 Å². The van der Waals surface area contributed by atoms with Crippen LogP contribution in [0.4, 0.5) is 0 Å². The van der Waals surface area contributed by atoms with E-state index in [4.69, 9.17) is 35.4 Å². The first-order valence-electron chi connectivity index (χ1n) is 6.23. The van der Waals surface area contributed by atoms with Crippen LogP contribution in [0.15, 0.2) is 47.7 Å². The Morgan fingerprint density at radius 2 is 2.09 bits per heavy atom. The number of halogens is 2. The zero-order valence-electron chi connectivity index (χ0n) is 11.1. The van der Waals surface area contributed by atoms with Gasteiger partial charge in [0.1, 0.15) is 5.69 Å². The maximum Gasteiger partial charge on any atom is 0.216 e. The molecule has 0 spiro atoms. The molecule has 0 atom stereocenters. The summed E-state index contributed by atoms with van der Waals surface area (Å²) in [4.78, 5) is 4.24. The zero-order valence-corrected chi connectivity index (χ0v) is 13.4. The van der Waals surface area contributed by atoms with Gasteiger partial charge < -0.3 is 0 Å². The van der Waals surface area contributed by atoms with Crippen molar-refractivity contribution in [1.29, 1.82) is 0 Å². The van der Waals surface area contributed by atoms with E-state index < -0.39 is 0 Å². The molecule has 1 aromatic carbocycles. The Balaban J connectivity index is 2.01. The lowest BCUT2D eigenvalue weighted by atomic mass is 10.2. The summed E-state index contributed by atoms with van der Waals surface area (Å²) in [6.45, 7) is 0. The highest BCUT2D eigenvalue weighted by Gasteiger charge is 2.08. The van der Waals surface area contributed by atoms with Gasteiger partial charge in [-0.2, -0.15) is 14.9 Å². The largest absolute Gasteiger partial charge is 0.253 e. The number of H-pyrrole nitrogens is 1. The van der Waals surface area contributed by atoms with Gasteiger partial charge >= 0.3 is 0 Å². The molecule has 0 bridgehead atoms. The molecule has 22 heavy (non-hydrogen) atoms. The van der Waals surface area contributed by atoms with E-state index >= 15 is 0 Å². The first kappa shape index (κ1) is 14.9. The highest BCUT2D eigenvalue weighted by atomic mass is 35.5. The molecular formula is C14H9Cl2N5S. The van der Waals surface area contributed by atoms with Crippen molar-refractivity contribution in [3.05, 3.63) is 63.0 Å². The molecular weight excluding hydrogens is 341 g/mol. The van der Waals surface area contributed by atoms with E-state index in [-0.39, 0.29) is 0 Å². The average molecular weight is 350 g/mol. The number of aromatic nitrogens is 4. The van der Waals surface area contributed by atoms with E-state index in [0.29, 0.717) is 26.3 Å². The fourth-order valence-electron chi connectivity index (χ4n) is 1.79. The normalized spacial score (nSPS) is 11.2. The lowest BCUT2D eigenvalue weighted by Crippen LogP contribution is -1.96. The van der Waals surface area contributed by atoms with Crippen LogP contribution in [-0.2, 0) is 0 Å². The minimum Gasteiger partial charge on any atom is -0.253 e. The highest BCUT2D eigenvalue weighted by molar-refractivity contribution is 7.71. The third kappa shape index (κ3) is 3.09. The van der Waals surface area contributed by atoms with E-state index in [1.54, 1.807) is 30.6 Å². The molecule has 0 aliphatic carbocycles. The van der Waals surface area contributed by atoms with E-state index in [1.807, 2.05) is 18.2 Å². The highest BCUT2D eigenvalue weighted by Crippen LogP contribution is 2.20. The zero-order chi connectivity index (χ0) is 15.5. The lowest BCUT2D eigenvalue weighted by Gasteiger charge is -2.01. The molecule has 8 heteroatoms. The Labute approximate surface area is 141 Å². The molecule has 110 valence electrons. The number of rotatable bonds is 3. The van der Waals surface area contributed by atoms with Gasteiger partial charge in [0.25, 0.3) is 0 Å². The van der Waals surface area contributed by atoms with Crippen LogP contribution >= 0.6 is 35.4 Å². The van der Waals surface area contributed by atoms with Crippen LogP contribution in [0.5, 0.6) is 0 Å². The summed E-state index contributed by atoms with van der Waals surface area (Å²) in [6, 6.07) is 10.7. The van der Waals surface area contributed by atoms with E-state index in [2.05, 4.69) is 20.3 Å². The van der Waals surface area contributed by atoms with Gasteiger partial charge in [0.2, 0.25) is 10.6 Å². The molecule has 0 saturated heterocycles. The molecule has 3 aromatic rings. The van der Waals surface area contributed by atoms with Crippen LogP contribution in [0, 0.1) is 4.77 Å². The van der Waals surface area contributed by atoms with Gasteiger partial charge in [0, 0.05) is 16.8 Å². The summed E-state index contributed by atoms with van der Waals surface area (Å²) in [7, 11) is 0. The molecule has 0 fully saturated rings. The minimum absolute atomic E-state index is 0.363. The maximum atomic E-state index is 6.12. The Kier molecular flexibility index (Phi) is 4.33. The quantitative estimate of drug-likeness (QED) is 0.569. The molecule has 2 heterocycles. The van der Waals surface area contributed by atoms with Crippen molar-refractivity contribution in [2.75, 3.05) is 0 Å². The van der Waals surface area contributed by atoms with E-state index in [9.17, 15) is 0 Å². The maximum absolute atomic E-state index is 6.12. The molecule has 2 aromatic heterocycles. The van der Waals surface area contributed by atoms with Crippen molar-refractivity contribution in [1.82, 2.24) is 19.9 Å². The van der Waals surface area contributed by atoms with Crippen molar-refractivity contribution in [3.8, 4) is 11.5 Å². The van der Waals surface area contributed by atoms with Crippen LogP contribution in [0.2, 0.25) is 10.0 Å². The summed E-state index contributed by atoms with van der Waals surface area (Å²) in [5, 5.41) is 12.3. The van der Waals surface area contributed by atoms with Crippen LogP contribution in [0.3, 0.4) is 0 Å². The molecule has 0 amide bonds. The predicted molar refractivity (Wildman–Crippen MR) is 90.1 cm³/mol. The van der Waals surface area contributed by atoms with E-state index in [1.165, 1.54) is 4.68 Å². The monoisotopic (exact) mass is 349 g/mol. The number of hydrogen-bond donors (Lipinski definition) is 1. The van der Waals surface area contributed by atoms with Gasteiger partial charge in [0.15, 0.2) is 0 Å². The predicted octanol–water partition coefficient (Wildman–Crippen LogP) is 4.19. The standard InChI is InChI=1S/C14H9Cl2N5S/c15-10-5-4-9(11(16)7-10)8-18-21-13(19-20-14(21)22)12-3-1-2-6-17-12/h1-8H,(H,20,22)/b18-8-. The second kappa shape index (κ2) is 6.39. The number of benzene rings is 1. The summed E-state index contributed by atoms with van der Waals surface area (Å²) in [6.07, 6.45) is 3.27. The third-order valence-electron chi connectivity index (χ3n) is 2.82. The third-order valence-corrected chi connectivity index (χ3v) is 3.65. The van der Waals surface area contributed by atoms with Crippen molar-refractivity contribution in [2.24, 2.45) is 5.10 Å². The van der Waals surface area contributed by atoms with Gasteiger partial charge in [-0.3, -0.25) is 4.98 Å². The van der Waals surface area contributed by atoms with Crippen molar-refractivity contribution in [3.63, 3.8) is 0 Å². The van der Waals surface area contributed by atoms with Crippen molar-refractivity contribution >= 4 is 41.6 Å². The number of nitrogens with one attached hydrogen (secondary N) is 1. The first-order chi connectivity index (χ1) is 10.6. The lowest BCUT2D eigenvalue weighted by molar-refractivity contribution is 0.867. The smallest absolute Gasteiger partial charge is 0.216 e. The topological polar surface area (TPSA) is 58.9 Å². The summed E-state index contributed by atoms with van der Waals surface area (Å²) < 4.78 is 1.85. The Morgan fingerprint density at radius 3 is 2.82 bits per heavy atom. The Bertz CT molecular complexity index is 886. The van der Waals surface area contributed by atoms with Crippen molar-refractivity contribution < 1.29 is 0 Å².